The molecule has 2 aromatic rings. The molecule has 0 radical (unpaired) electrons. The van der Waals surface area contributed by atoms with Gasteiger partial charge in [0, 0.05) is 12.3 Å². The standard InChI is InChI=1S/C28H34N2O5/c1-3-18(2)25(26(32)33)29-24(31)16-28(14-8-9-15-28)30-27(34)35-17-23-21-12-6-4-10-19(21)20-11-5-7-13-22(20)23/h4-7,10-13,18,23,25H,3,8-9,14-17H2,1-2H3,(H,29,31)(H,30,34)(H,32,33). The molecule has 0 heterocycles. The summed E-state index contributed by atoms with van der Waals surface area (Å²) < 4.78 is 5.71. The average Bonchev–Trinajstić information content (AvgIpc) is 3.43. The molecule has 0 bridgehead atoms. The van der Waals surface area contributed by atoms with E-state index in [1.54, 1.807) is 6.92 Å². The normalized spacial score (nSPS) is 17.7. The molecule has 35 heavy (non-hydrogen) atoms. The molecule has 2 aromatic carbocycles. The van der Waals surface area contributed by atoms with Crippen LogP contribution in [0, 0.1) is 5.92 Å². The van der Waals surface area contributed by atoms with Gasteiger partial charge >= 0.3 is 12.1 Å². The van der Waals surface area contributed by atoms with Crippen LogP contribution in [-0.4, -0.2) is 41.3 Å². The molecule has 0 aliphatic heterocycles. The summed E-state index contributed by atoms with van der Waals surface area (Å²) in [4.78, 5) is 37.3. The van der Waals surface area contributed by atoms with Crippen molar-refractivity contribution in [3.8, 4) is 11.1 Å². The lowest BCUT2D eigenvalue weighted by molar-refractivity contribution is -0.143. The Bertz CT molecular complexity index is 1050. The summed E-state index contributed by atoms with van der Waals surface area (Å²) in [5.41, 5.74) is 3.89. The highest BCUT2D eigenvalue weighted by Crippen LogP contribution is 2.44. The number of ether oxygens (including phenoxy) is 1. The summed E-state index contributed by atoms with van der Waals surface area (Å²) in [6.45, 7) is 3.90. The third-order valence-corrected chi connectivity index (χ3v) is 7.57. The van der Waals surface area contributed by atoms with E-state index in [0.717, 1.165) is 35.1 Å². The van der Waals surface area contributed by atoms with E-state index in [0.29, 0.717) is 19.3 Å². The number of benzene rings is 2. The number of aliphatic carboxylic acids is 1. The second kappa shape index (κ2) is 10.5. The number of carbonyl (C=O) groups excluding carboxylic acids is 2. The zero-order valence-electron chi connectivity index (χ0n) is 20.4. The van der Waals surface area contributed by atoms with Crippen molar-refractivity contribution in [2.75, 3.05) is 6.61 Å². The highest BCUT2D eigenvalue weighted by molar-refractivity contribution is 5.85. The van der Waals surface area contributed by atoms with Gasteiger partial charge in [0.1, 0.15) is 12.6 Å². The fourth-order valence-corrected chi connectivity index (χ4v) is 5.46. The van der Waals surface area contributed by atoms with Crippen LogP contribution < -0.4 is 10.6 Å². The molecule has 2 unspecified atom stereocenters. The number of carboxylic acids is 1. The molecule has 2 amide bonds. The van der Waals surface area contributed by atoms with Crippen LogP contribution in [-0.2, 0) is 14.3 Å². The number of nitrogens with one attached hydrogen (secondary N) is 2. The van der Waals surface area contributed by atoms with Crippen LogP contribution in [0.1, 0.15) is 69.4 Å². The molecular formula is C28H34N2O5. The molecular weight excluding hydrogens is 444 g/mol. The Labute approximate surface area is 206 Å². The number of carbonyl (C=O) groups is 3. The summed E-state index contributed by atoms with van der Waals surface area (Å²) in [5, 5.41) is 15.1. The van der Waals surface area contributed by atoms with Crippen LogP contribution in [0.4, 0.5) is 4.79 Å². The van der Waals surface area contributed by atoms with Gasteiger partial charge in [0.2, 0.25) is 5.91 Å². The zero-order chi connectivity index (χ0) is 25.0. The van der Waals surface area contributed by atoms with E-state index < -0.39 is 23.6 Å². The Kier molecular flexibility index (Phi) is 7.43. The first-order valence-electron chi connectivity index (χ1n) is 12.5. The molecule has 1 saturated carbocycles. The molecule has 1 fully saturated rings. The highest BCUT2D eigenvalue weighted by atomic mass is 16.5. The number of hydrogen-bond acceptors (Lipinski definition) is 4. The largest absolute Gasteiger partial charge is 0.480 e. The Balaban J connectivity index is 1.40. The molecule has 7 heteroatoms. The molecule has 3 N–H and O–H groups in total. The van der Waals surface area contributed by atoms with Crippen molar-refractivity contribution in [1.29, 1.82) is 0 Å². The Morgan fingerprint density at radius 3 is 2.14 bits per heavy atom. The van der Waals surface area contributed by atoms with E-state index in [4.69, 9.17) is 4.74 Å². The van der Waals surface area contributed by atoms with Crippen molar-refractivity contribution >= 4 is 18.0 Å². The van der Waals surface area contributed by atoms with Crippen LogP contribution in [0.15, 0.2) is 48.5 Å². The summed E-state index contributed by atoms with van der Waals surface area (Å²) in [5.74, 6) is -1.63. The van der Waals surface area contributed by atoms with Gasteiger partial charge in [-0.2, -0.15) is 0 Å². The number of alkyl carbamates (subject to hydrolysis) is 1. The summed E-state index contributed by atoms with van der Waals surface area (Å²) >= 11 is 0. The second-order valence-electron chi connectivity index (χ2n) is 9.88. The lowest BCUT2D eigenvalue weighted by atomic mass is 9.92. The number of amides is 2. The third kappa shape index (κ3) is 5.34. The zero-order valence-corrected chi connectivity index (χ0v) is 20.4. The fraction of sp³-hybridized carbons (Fsp3) is 0.464. The molecule has 2 atom stereocenters. The van der Waals surface area contributed by atoms with Crippen molar-refractivity contribution in [3.05, 3.63) is 59.7 Å². The number of fused-ring (bicyclic) bond motifs is 3. The van der Waals surface area contributed by atoms with E-state index in [2.05, 4.69) is 34.9 Å². The van der Waals surface area contributed by atoms with Gasteiger partial charge in [0.05, 0.1) is 5.54 Å². The Morgan fingerprint density at radius 1 is 1.03 bits per heavy atom. The average molecular weight is 479 g/mol. The van der Waals surface area contributed by atoms with E-state index in [1.807, 2.05) is 31.2 Å². The molecule has 186 valence electrons. The monoisotopic (exact) mass is 478 g/mol. The van der Waals surface area contributed by atoms with Crippen LogP contribution in [0.3, 0.4) is 0 Å². The quantitative estimate of drug-likeness (QED) is 0.478. The van der Waals surface area contributed by atoms with Gasteiger partial charge in [-0.25, -0.2) is 9.59 Å². The van der Waals surface area contributed by atoms with Gasteiger partial charge in [-0.15, -0.1) is 0 Å². The maximum Gasteiger partial charge on any atom is 0.407 e. The molecule has 7 nitrogen and oxygen atoms in total. The van der Waals surface area contributed by atoms with Crippen LogP contribution in [0.2, 0.25) is 0 Å². The van der Waals surface area contributed by atoms with Crippen LogP contribution in [0.25, 0.3) is 11.1 Å². The molecule has 0 aromatic heterocycles. The number of hydrogen-bond donors (Lipinski definition) is 3. The SMILES string of the molecule is CCC(C)C(NC(=O)CC1(NC(=O)OCC2c3ccccc3-c3ccccc32)CCCC1)C(=O)O. The Morgan fingerprint density at radius 2 is 1.60 bits per heavy atom. The van der Waals surface area contributed by atoms with Gasteiger partial charge < -0.3 is 20.5 Å². The predicted octanol–water partition coefficient (Wildman–Crippen LogP) is 4.84. The van der Waals surface area contributed by atoms with Crippen molar-refractivity contribution in [2.45, 2.75) is 69.9 Å². The summed E-state index contributed by atoms with van der Waals surface area (Å²) in [6.07, 6.45) is 3.24. The van der Waals surface area contributed by atoms with Crippen LogP contribution >= 0.6 is 0 Å². The van der Waals surface area contributed by atoms with Gasteiger partial charge in [-0.1, -0.05) is 81.6 Å². The summed E-state index contributed by atoms with van der Waals surface area (Å²) in [6, 6.07) is 15.4. The van der Waals surface area contributed by atoms with E-state index in [9.17, 15) is 19.5 Å². The molecule has 4 rings (SSSR count). The topological polar surface area (TPSA) is 105 Å². The molecule has 2 aliphatic rings. The smallest absolute Gasteiger partial charge is 0.407 e. The first-order chi connectivity index (χ1) is 16.8. The molecule has 0 spiro atoms. The summed E-state index contributed by atoms with van der Waals surface area (Å²) in [7, 11) is 0. The van der Waals surface area contributed by atoms with Gasteiger partial charge in [-0.05, 0) is 41.0 Å². The fourth-order valence-electron chi connectivity index (χ4n) is 5.46. The molecule has 0 saturated heterocycles. The second-order valence-corrected chi connectivity index (χ2v) is 9.88. The minimum atomic E-state index is -1.04. The number of carboxylic acid groups (broad SMARTS) is 1. The van der Waals surface area contributed by atoms with Crippen molar-refractivity contribution in [1.82, 2.24) is 10.6 Å². The van der Waals surface area contributed by atoms with E-state index in [1.165, 1.54) is 0 Å². The minimum absolute atomic E-state index is 0.0390. The highest BCUT2D eigenvalue weighted by Gasteiger charge is 2.39. The predicted molar refractivity (Wildman–Crippen MR) is 133 cm³/mol. The van der Waals surface area contributed by atoms with E-state index >= 15 is 0 Å². The van der Waals surface area contributed by atoms with Gasteiger partial charge in [-0.3, -0.25) is 4.79 Å². The first-order valence-corrected chi connectivity index (χ1v) is 12.5. The molecule has 2 aliphatic carbocycles. The first kappa shape index (κ1) is 24.8. The van der Waals surface area contributed by atoms with Crippen molar-refractivity contribution in [2.24, 2.45) is 5.92 Å². The third-order valence-electron chi connectivity index (χ3n) is 7.57. The van der Waals surface area contributed by atoms with Crippen molar-refractivity contribution < 1.29 is 24.2 Å². The Hall–Kier alpha value is -3.35. The number of rotatable bonds is 9. The lowest BCUT2D eigenvalue weighted by Crippen LogP contribution is -2.52. The minimum Gasteiger partial charge on any atom is -0.480 e. The maximum absolute atomic E-state index is 12.9. The van der Waals surface area contributed by atoms with Gasteiger partial charge in [0.15, 0.2) is 0 Å². The van der Waals surface area contributed by atoms with Crippen LogP contribution in [0.5, 0.6) is 0 Å². The lowest BCUT2D eigenvalue weighted by Gasteiger charge is -2.30. The van der Waals surface area contributed by atoms with Crippen molar-refractivity contribution in [3.63, 3.8) is 0 Å². The van der Waals surface area contributed by atoms with E-state index in [-0.39, 0.29) is 30.8 Å². The van der Waals surface area contributed by atoms with Gasteiger partial charge in [0.25, 0.3) is 0 Å². The maximum atomic E-state index is 12.9.